The average molecular weight is 271 g/mol. The number of para-hydroxylation sites is 1. The van der Waals surface area contributed by atoms with Gasteiger partial charge in [0.15, 0.2) is 0 Å². The highest BCUT2D eigenvalue weighted by molar-refractivity contribution is 9.09. The molecule has 82 valence electrons. The van der Waals surface area contributed by atoms with E-state index in [1.807, 2.05) is 30.3 Å². The van der Waals surface area contributed by atoms with Gasteiger partial charge in [0.2, 0.25) is 0 Å². The molecule has 0 atom stereocenters. The molecule has 3 heteroatoms. The zero-order chi connectivity index (χ0) is 10.9. The van der Waals surface area contributed by atoms with E-state index in [9.17, 15) is 4.79 Å². The Morgan fingerprint density at radius 1 is 1.20 bits per heavy atom. The van der Waals surface area contributed by atoms with E-state index in [0.717, 1.165) is 18.6 Å². The Morgan fingerprint density at radius 2 is 1.93 bits per heavy atom. The predicted octanol–water partition coefficient (Wildman–Crippen LogP) is 3.20. The van der Waals surface area contributed by atoms with Crippen LogP contribution in [0.15, 0.2) is 30.3 Å². The van der Waals surface area contributed by atoms with Crippen LogP contribution in [0.3, 0.4) is 0 Å². The van der Waals surface area contributed by atoms with Crippen molar-refractivity contribution in [3.63, 3.8) is 0 Å². The van der Waals surface area contributed by atoms with Crippen molar-refractivity contribution in [2.45, 2.75) is 19.3 Å². The van der Waals surface area contributed by atoms with Crippen molar-refractivity contribution in [2.75, 3.05) is 11.9 Å². The number of hydrogen-bond donors (Lipinski definition) is 0. The number of Topliss-reactive ketones (excluding diaryl/α,β-unsaturated/α-hetero) is 1. The van der Waals surface area contributed by atoms with Crippen LogP contribution in [-0.2, 0) is 4.79 Å². The van der Waals surface area contributed by atoms with E-state index in [4.69, 9.17) is 4.74 Å². The summed E-state index contributed by atoms with van der Waals surface area (Å²) >= 11 is 3.14. The lowest BCUT2D eigenvalue weighted by atomic mass is 10.2. The summed E-state index contributed by atoms with van der Waals surface area (Å²) < 4.78 is 5.50. The second-order valence-corrected chi connectivity index (χ2v) is 3.85. The molecule has 0 saturated carbocycles. The van der Waals surface area contributed by atoms with Gasteiger partial charge in [-0.2, -0.15) is 0 Å². The monoisotopic (exact) mass is 270 g/mol. The first-order valence-corrected chi connectivity index (χ1v) is 6.20. The standard InChI is InChI=1S/C12H15BrO2/c13-10-11(14)6-4-5-9-15-12-7-2-1-3-8-12/h1-3,7-8H,4-6,9-10H2. The minimum Gasteiger partial charge on any atom is -0.494 e. The average Bonchev–Trinajstić information content (AvgIpc) is 2.29. The number of halogens is 1. The highest BCUT2D eigenvalue weighted by atomic mass is 79.9. The Labute approximate surface area is 98.8 Å². The third kappa shape index (κ3) is 5.57. The quantitative estimate of drug-likeness (QED) is 0.562. The number of unbranched alkanes of at least 4 members (excludes halogenated alkanes) is 1. The number of ketones is 1. The maximum Gasteiger partial charge on any atom is 0.143 e. The van der Waals surface area contributed by atoms with Crippen LogP contribution in [0, 0.1) is 0 Å². The fraction of sp³-hybridized carbons (Fsp3) is 0.417. The van der Waals surface area contributed by atoms with Crippen molar-refractivity contribution in [3.8, 4) is 5.75 Å². The maximum absolute atomic E-state index is 11.0. The summed E-state index contributed by atoms with van der Waals surface area (Å²) in [4.78, 5) is 11.0. The molecule has 0 saturated heterocycles. The maximum atomic E-state index is 11.0. The Bertz CT molecular complexity index is 285. The first kappa shape index (κ1) is 12.2. The third-order valence-electron chi connectivity index (χ3n) is 2.01. The van der Waals surface area contributed by atoms with Crippen LogP contribution in [0.4, 0.5) is 0 Å². The zero-order valence-corrected chi connectivity index (χ0v) is 10.2. The highest BCUT2D eigenvalue weighted by Crippen LogP contribution is 2.09. The molecule has 1 aromatic carbocycles. The van der Waals surface area contributed by atoms with Crippen molar-refractivity contribution in [2.24, 2.45) is 0 Å². The molecule has 0 radical (unpaired) electrons. The van der Waals surface area contributed by atoms with Crippen LogP contribution < -0.4 is 4.74 Å². The molecule has 0 aromatic heterocycles. The summed E-state index contributed by atoms with van der Waals surface area (Å²) in [5.74, 6) is 1.15. The first-order valence-electron chi connectivity index (χ1n) is 5.08. The van der Waals surface area contributed by atoms with Crippen LogP contribution in [0.25, 0.3) is 0 Å². The van der Waals surface area contributed by atoms with Crippen LogP contribution in [0.1, 0.15) is 19.3 Å². The Balaban J connectivity index is 2.05. The fourth-order valence-electron chi connectivity index (χ4n) is 1.20. The van der Waals surface area contributed by atoms with Gasteiger partial charge in [0.25, 0.3) is 0 Å². The molecular formula is C12H15BrO2. The van der Waals surface area contributed by atoms with Gasteiger partial charge in [-0.05, 0) is 25.0 Å². The molecule has 15 heavy (non-hydrogen) atoms. The van der Waals surface area contributed by atoms with E-state index < -0.39 is 0 Å². The molecule has 0 bridgehead atoms. The van der Waals surface area contributed by atoms with Crippen LogP contribution in [0.5, 0.6) is 5.75 Å². The summed E-state index contributed by atoms with van der Waals surface area (Å²) in [6.07, 6.45) is 2.47. The predicted molar refractivity (Wildman–Crippen MR) is 64.6 cm³/mol. The Hall–Kier alpha value is -0.830. The van der Waals surface area contributed by atoms with E-state index in [1.165, 1.54) is 0 Å². The molecule has 1 aromatic rings. The molecule has 2 nitrogen and oxygen atoms in total. The number of rotatable bonds is 7. The lowest BCUT2D eigenvalue weighted by molar-refractivity contribution is -0.116. The summed E-state index contributed by atoms with van der Waals surface area (Å²) in [5.41, 5.74) is 0. The van der Waals surface area contributed by atoms with Gasteiger partial charge in [0.05, 0.1) is 11.9 Å². The van der Waals surface area contributed by atoms with Gasteiger partial charge in [-0.3, -0.25) is 4.79 Å². The Kier molecular flexibility index (Phi) is 6.09. The van der Waals surface area contributed by atoms with E-state index >= 15 is 0 Å². The van der Waals surface area contributed by atoms with E-state index in [2.05, 4.69) is 15.9 Å². The van der Waals surface area contributed by atoms with Crippen molar-refractivity contribution < 1.29 is 9.53 Å². The minimum absolute atomic E-state index is 0.259. The van der Waals surface area contributed by atoms with Crippen molar-refractivity contribution >= 4 is 21.7 Å². The Morgan fingerprint density at radius 3 is 2.60 bits per heavy atom. The van der Waals surface area contributed by atoms with Gasteiger partial charge in [0, 0.05) is 6.42 Å². The fourth-order valence-corrected chi connectivity index (χ4v) is 1.48. The first-order chi connectivity index (χ1) is 7.33. The number of ether oxygens (including phenoxy) is 1. The number of benzene rings is 1. The number of carbonyl (C=O) groups is 1. The van der Waals surface area contributed by atoms with Crippen LogP contribution >= 0.6 is 15.9 Å². The smallest absolute Gasteiger partial charge is 0.143 e. The van der Waals surface area contributed by atoms with Gasteiger partial charge in [-0.15, -0.1) is 0 Å². The molecule has 0 fully saturated rings. The van der Waals surface area contributed by atoms with Crippen LogP contribution in [0.2, 0.25) is 0 Å². The van der Waals surface area contributed by atoms with Crippen LogP contribution in [-0.4, -0.2) is 17.7 Å². The second-order valence-electron chi connectivity index (χ2n) is 3.29. The van der Waals surface area contributed by atoms with Crippen molar-refractivity contribution in [1.29, 1.82) is 0 Å². The second kappa shape index (κ2) is 7.46. The lowest BCUT2D eigenvalue weighted by Gasteiger charge is -2.04. The molecule has 1 rings (SSSR count). The molecule has 0 aliphatic heterocycles. The third-order valence-corrected chi connectivity index (χ3v) is 2.64. The molecule has 0 aliphatic carbocycles. The normalized spacial score (nSPS) is 9.93. The molecule has 0 amide bonds. The van der Waals surface area contributed by atoms with Gasteiger partial charge in [0.1, 0.15) is 11.5 Å². The SMILES string of the molecule is O=C(CBr)CCCCOc1ccccc1. The zero-order valence-electron chi connectivity index (χ0n) is 8.62. The topological polar surface area (TPSA) is 26.3 Å². The van der Waals surface area contributed by atoms with Gasteiger partial charge >= 0.3 is 0 Å². The summed E-state index contributed by atoms with van der Waals surface area (Å²) in [5, 5.41) is 0.465. The van der Waals surface area contributed by atoms with E-state index in [1.54, 1.807) is 0 Å². The highest BCUT2D eigenvalue weighted by Gasteiger charge is 1.98. The number of hydrogen-bond acceptors (Lipinski definition) is 2. The van der Waals surface area contributed by atoms with E-state index in [0.29, 0.717) is 18.4 Å². The number of carbonyl (C=O) groups excluding carboxylic acids is 1. The largest absolute Gasteiger partial charge is 0.494 e. The minimum atomic E-state index is 0.259. The molecule has 0 spiro atoms. The van der Waals surface area contributed by atoms with Gasteiger partial charge in [-0.1, -0.05) is 34.1 Å². The number of alkyl halides is 1. The molecular weight excluding hydrogens is 256 g/mol. The molecule has 0 N–H and O–H groups in total. The molecule has 0 heterocycles. The summed E-state index contributed by atoms with van der Waals surface area (Å²) in [7, 11) is 0. The lowest BCUT2D eigenvalue weighted by Crippen LogP contribution is -2.01. The summed E-state index contributed by atoms with van der Waals surface area (Å²) in [6.45, 7) is 0.680. The van der Waals surface area contributed by atoms with Gasteiger partial charge < -0.3 is 4.74 Å². The summed E-state index contributed by atoms with van der Waals surface area (Å²) in [6, 6.07) is 9.72. The van der Waals surface area contributed by atoms with Gasteiger partial charge in [-0.25, -0.2) is 0 Å². The van der Waals surface area contributed by atoms with Crippen molar-refractivity contribution in [3.05, 3.63) is 30.3 Å². The molecule has 0 aliphatic rings. The van der Waals surface area contributed by atoms with Crippen molar-refractivity contribution in [1.82, 2.24) is 0 Å². The van der Waals surface area contributed by atoms with E-state index in [-0.39, 0.29) is 5.78 Å². The molecule has 0 unspecified atom stereocenters.